The number of hydrogen-bond donors (Lipinski definition) is 0. The largest absolute Gasteiger partial charge is 0.309 e. The Balaban J connectivity index is 0.000000417. The minimum absolute atomic E-state index is 0.936. The van der Waals surface area contributed by atoms with Gasteiger partial charge in [-0.15, -0.1) is 11.3 Å². The van der Waals surface area contributed by atoms with Crippen molar-refractivity contribution in [1.82, 2.24) is 14.1 Å². The zero-order valence-electron chi connectivity index (χ0n) is 30.6. The van der Waals surface area contributed by atoms with E-state index in [0.717, 1.165) is 33.8 Å². The first-order valence-corrected chi connectivity index (χ1v) is 19.5. The predicted octanol–water partition coefficient (Wildman–Crippen LogP) is 14.1. The van der Waals surface area contributed by atoms with Crippen molar-refractivity contribution in [2.75, 3.05) is 0 Å². The third kappa shape index (κ3) is 5.70. The number of nitrogens with zero attached hydrogens (tertiary/aromatic N) is 3. The zero-order valence-corrected chi connectivity index (χ0v) is 31.5. The molecule has 0 atom stereocenters. The predicted molar refractivity (Wildman–Crippen MR) is 235 cm³/mol. The first-order valence-electron chi connectivity index (χ1n) is 18.7. The highest BCUT2D eigenvalue weighted by Crippen LogP contribution is 2.42. The fourth-order valence-corrected chi connectivity index (χ4v) is 9.11. The van der Waals surface area contributed by atoms with Crippen molar-refractivity contribution in [3.63, 3.8) is 0 Å². The van der Waals surface area contributed by atoms with Gasteiger partial charge in [0.1, 0.15) is 5.82 Å². The third-order valence-electron chi connectivity index (χ3n) is 10.8. The molecule has 262 valence electrons. The first-order chi connectivity index (χ1) is 27.1. The van der Waals surface area contributed by atoms with E-state index in [0.29, 0.717) is 0 Å². The number of rotatable bonds is 4. The molecule has 0 saturated carbocycles. The van der Waals surface area contributed by atoms with E-state index >= 15 is 0 Å². The number of fused-ring (bicyclic) bond motifs is 7. The Morgan fingerprint density at radius 2 is 1.02 bits per heavy atom. The number of benzene rings is 8. The molecular formula is C51H37N3S. The molecule has 3 heterocycles. The van der Waals surface area contributed by atoms with Crippen LogP contribution in [0, 0.1) is 13.8 Å². The summed E-state index contributed by atoms with van der Waals surface area (Å²) >= 11 is 1.88. The number of hydrogen-bond acceptors (Lipinski definition) is 2. The maximum Gasteiger partial charge on any atom is 0.145 e. The summed E-state index contributed by atoms with van der Waals surface area (Å²) in [5.41, 5.74) is 13.1. The van der Waals surface area contributed by atoms with Crippen LogP contribution in [0.2, 0.25) is 0 Å². The molecule has 11 aromatic rings. The fraction of sp³-hybridized carbons (Fsp3) is 0.0392. The number of aryl methyl sites for hydroxylation is 2. The van der Waals surface area contributed by atoms with Crippen molar-refractivity contribution in [3.8, 4) is 33.9 Å². The molecule has 0 aliphatic rings. The summed E-state index contributed by atoms with van der Waals surface area (Å²) in [5.74, 6) is 0.936. The molecule has 3 aromatic heterocycles. The third-order valence-corrected chi connectivity index (χ3v) is 12.0. The second-order valence-corrected chi connectivity index (χ2v) is 15.1. The van der Waals surface area contributed by atoms with Gasteiger partial charge in [0.25, 0.3) is 0 Å². The van der Waals surface area contributed by atoms with Gasteiger partial charge in [0.2, 0.25) is 0 Å². The molecule has 55 heavy (non-hydrogen) atoms. The number of imidazole rings is 1. The van der Waals surface area contributed by atoms with Crippen LogP contribution in [0.25, 0.3) is 86.9 Å². The smallest absolute Gasteiger partial charge is 0.145 e. The maximum absolute atomic E-state index is 5.08. The molecule has 0 fully saturated rings. The summed E-state index contributed by atoms with van der Waals surface area (Å²) in [7, 11) is 0. The van der Waals surface area contributed by atoms with Crippen molar-refractivity contribution < 1.29 is 0 Å². The van der Waals surface area contributed by atoms with Gasteiger partial charge < -0.3 is 4.57 Å². The second-order valence-electron chi connectivity index (χ2n) is 14.1. The summed E-state index contributed by atoms with van der Waals surface area (Å²) in [6.45, 7) is 4.24. The molecule has 0 spiro atoms. The molecule has 0 aliphatic carbocycles. The molecular weight excluding hydrogens is 687 g/mol. The summed E-state index contributed by atoms with van der Waals surface area (Å²) in [4.78, 5) is 5.08. The van der Waals surface area contributed by atoms with Gasteiger partial charge in [0.15, 0.2) is 0 Å². The van der Waals surface area contributed by atoms with Gasteiger partial charge in [-0.25, -0.2) is 4.98 Å². The van der Waals surface area contributed by atoms with Gasteiger partial charge in [0, 0.05) is 47.9 Å². The molecule has 11 rings (SSSR count). The van der Waals surface area contributed by atoms with Crippen LogP contribution in [0.5, 0.6) is 0 Å². The van der Waals surface area contributed by atoms with Crippen LogP contribution in [0.1, 0.15) is 11.1 Å². The molecule has 0 radical (unpaired) electrons. The normalized spacial score (nSPS) is 11.5. The van der Waals surface area contributed by atoms with Crippen molar-refractivity contribution >= 4 is 64.3 Å². The lowest BCUT2D eigenvalue weighted by Gasteiger charge is -2.12. The van der Waals surface area contributed by atoms with Gasteiger partial charge in [-0.3, -0.25) is 4.57 Å². The summed E-state index contributed by atoms with van der Waals surface area (Å²) in [5, 5.41) is 5.16. The van der Waals surface area contributed by atoms with E-state index in [1.165, 1.54) is 64.2 Å². The molecule has 4 heteroatoms. The van der Waals surface area contributed by atoms with E-state index in [9.17, 15) is 0 Å². The van der Waals surface area contributed by atoms with Crippen LogP contribution in [0.3, 0.4) is 0 Å². The first kappa shape index (κ1) is 32.9. The van der Waals surface area contributed by atoms with Gasteiger partial charge in [0.05, 0.1) is 22.1 Å². The van der Waals surface area contributed by atoms with Crippen LogP contribution in [0.15, 0.2) is 188 Å². The Kier molecular flexibility index (Phi) is 8.12. The van der Waals surface area contributed by atoms with Gasteiger partial charge >= 0.3 is 0 Å². The zero-order chi connectivity index (χ0) is 36.9. The lowest BCUT2D eigenvalue weighted by atomic mass is 10.0. The minimum atomic E-state index is 0.936. The van der Waals surface area contributed by atoms with Gasteiger partial charge in [-0.2, -0.15) is 0 Å². The SMILES string of the molecule is Cc1ccccc1C.c1ccc(-n2c(-c3ccc(-n4c5ccccc5c5cc(-c6cccc7c6sc6ccccc67)ccc54)cc3)nc3ccccc32)cc1. The van der Waals surface area contributed by atoms with E-state index in [4.69, 9.17) is 4.98 Å². The summed E-state index contributed by atoms with van der Waals surface area (Å²) < 4.78 is 7.31. The van der Waals surface area contributed by atoms with Crippen LogP contribution in [0.4, 0.5) is 0 Å². The molecule has 0 unspecified atom stereocenters. The van der Waals surface area contributed by atoms with E-state index in [1.54, 1.807) is 0 Å². The van der Waals surface area contributed by atoms with E-state index in [1.807, 2.05) is 17.4 Å². The van der Waals surface area contributed by atoms with Crippen LogP contribution >= 0.6 is 11.3 Å². The Bertz CT molecular complexity index is 3140. The quantitative estimate of drug-likeness (QED) is 0.177. The average Bonchev–Trinajstić information content (AvgIpc) is 3.92. The van der Waals surface area contributed by atoms with E-state index in [2.05, 4.69) is 205 Å². The number of aromatic nitrogens is 3. The highest BCUT2D eigenvalue weighted by atomic mass is 32.1. The topological polar surface area (TPSA) is 22.8 Å². The van der Waals surface area contributed by atoms with Gasteiger partial charge in [-0.1, -0.05) is 115 Å². The lowest BCUT2D eigenvalue weighted by Crippen LogP contribution is -1.98. The van der Waals surface area contributed by atoms with Crippen LogP contribution < -0.4 is 0 Å². The summed E-state index contributed by atoms with van der Waals surface area (Å²) in [6.07, 6.45) is 0. The second kappa shape index (κ2) is 13.6. The molecule has 3 nitrogen and oxygen atoms in total. The molecule has 0 aliphatic heterocycles. The highest BCUT2D eigenvalue weighted by molar-refractivity contribution is 7.26. The molecule has 8 aromatic carbocycles. The van der Waals surface area contributed by atoms with Crippen LogP contribution in [-0.4, -0.2) is 14.1 Å². The number of thiophene rings is 1. The molecule has 0 amide bonds. The van der Waals surface area contributed by atoms with Crippen molar-refractivity contribution in [3.05, 3.63) is 199 Å². The maximum atomic E-state index is 5.08. The molecule has 0 saturated heterocycles. The molecule has 0 bridgehead atoms. The Morgan fingerprint density at radius 1 is 0.418 bits per heavy atom. The van der Waals surface area contributed by atoms with Gasteiger partial charge in [-0.05, 0) is 109 Å². The van der Waals surface area contributed by atoms with E-state index in [-0.39, 0.29) is 0 Å². The monoisotopic (exact) mass is 723 g/mol. The number of para-hydroxylation sites is 4. The van der Waals surface area contributed by atoms with E-state index < -0.39 is 0 Å². The standard InChI is InChI=1S/C43H27N3S.C8H10/c1-2-11-30(12-3-1)46-40-19-8-6-17-37(40)44-43(46)28-21-24-31(25-22-28)45-38-18-7-4-13-33(38)36-27-29(23-26-39(36)45)32-15-10-16-35-34-14-5-9-20-41(34)47-42(32)35;1-7-5-3-4-6-8(7)2/h1-27H;3-6H,1-2H3. The Morgan fingerprint density at radius 3 is 1.80 bits per heavy atom. The van der Waals surface area contributed by atoms with Crippen molar-refractivity contribution in [1.29, 1.82) is 0 Å². The molecule has 0 N–H and O–H groups in total. The minimum Gasteiger partial charge on any atom is -0.309 e. The Labute approximate surface area is 324 Å². The van der Waals surface area contributed by atoms with Crippen molar-refractivity contribution in [2.45, 2.75) is 13.8 Å². The average molecular weight is 724 g/mol. The Hall–Kier alpha value is -6.75. The van der Waals surface area contributed by atoms with Crippen molar-refractivity contribution in [2.24, 2.45) is 0 Å². The summed E-state index contributed by atoms with van der Waals surface area (Å²) in [6, 6.07) is 67.2. The van der Waals surface area contributed by atoms with Crippen LogP contribution in [-0.2, 0) is 0 Å². The fourth-order valence-electron chi connectivity index (χ4n) is 7.87. The lowest BCUT2D eigenvalue weighted by molar-refractivity contribution is 1.10. The highest BCUT2D eigenvalue weighted by Gasteiger charge is 2.17.